The first kappa shape index (κ1) is 25.2. The number of amides is 1. The monoisotopic (exact) mass is 491 g/mol. The Morgan fingerprint density at radius 1 is 1.09 bits per heavy atom. The van der Waals surface area contributed by atoms with Gasteiger partial charge in [0.2, 0.25) is 5.91 Å². The fourth-order valence-electron chi connectivity index (χ4n) is 3.76. The molecule has 1 amide bonds. The molecule has 0 unspecified atom stereocenters. The molecule has 4 rings (SSSR count). The van der Waals surface area contributed by atoms with Crippen LogP contribution < -0.4 is 14.4 Å². The molecule has 0 aliphatic carbocycles. The Morgan fingerprint density at radius 2 is 1.79 bits per heavy atom. The van der Waals surface area contributed by atoms with Crippen molar-refractivity contribution in [2.45, 2.75) is 12.8 Å². The minimum absolute atomic E-state index is 0. The molecule has 9 heteroatoms. The molecule has 0 spiro atoms. The second kappa shape index (κ2) is 12.2. The number of hydrogen-bond acceptors (Lipinski definition) is 7. The predicted molar refractivity (Wildman–Crippen MR) is 134 cm³/mol. The summed E-state index contributed by atoms with van der Waals surface area (Å²) >= 11 is 1.54. The predicted octanol–water partition coefficient (Wildman–Crippen LogP) is 4.03. The second-order valence-corrected chi connectivity index (χ2v) is 8.72. The van der Waals surface area contributed by atoms with Crippen molar-refractivity contribution < 1.29 is 19.0 Å². The van der Waals surface area contributed by atoms with E-state index in [0.29, 0.717) is 13.0 Å². The second-order valence-electron chi connectivity index (χ2n) is 7.71. The van der Waals surface area contributed by atoms with Gasteiger partial charge in [0.15, 0.2) is 5.13 Å². The molecule has 0 radical (unpaired) electrons. The van der Waals surface area contributed by atoms with Gasteiger partial charge in [0.1, 0.15) is 11.5 Å². The first-order valence-corrected chi connectivity index (χ1v) is 11.7. The van der Waals surface area contributed by atoms with E-state index in [2.05, 4.69) is 4.90 Å². The Labute approximate surface area is 204 Å². The van der Waals surface area contributed by atoms with Gasteiger partial charge in [-0.05, 0) is 36.2 Å². The lowest BCUT2D eigenvalue weighted by molar-refractivity contribution is -0.118. The smallest absolute Gasteiger partial charge is 0.233 e. The number of fused-ring (bicyclic) bond motifs is 1. The molecule has 0 saturated carbocycles. The van der Waals surface area contributed by atoms with Gasteiger partial charge in [0.25, 0.3) is 0 Å². The minimum Gasteiger partial charge on any atom is -0.497 e. The Bertz CT molecular complexity index is 1040. The lowest BCUT2D eigenvalue weighted by Gasteiger charge is -2.27. The van der Waals surface area contributed by atoms with Gasteiger partial charge in [-0.25, -0.2) is 4.98 Å². The zero-order chi connectivity index (χ0) is 22.3. The number of benzene rings is 2. The molecule has 2 aromatic carbocycles. The van der Waals surface area contributed by atoms with Crippen molar-refractivity contribution >= 4 is 45.0 Å². The van der Waals surface area contributed by atoms with E-state index in [1.165, 1.54) is 0 Å². The molecule has 178 valence electrons. The highest BCUT2D eigenvalue weighted by atomic mass is 35.5. The van der Waals surface area contributed by atoms with Gasteiger partial charge in [0.05, 0.1) is 44.1 Å². The van der Waals surface area contributed by atoms with Crippen LogP contribution in [0.5, 0.6) is 11.5 Å². The van der Waals surface area contributed by atoms with Gasteiger partial charge >= 0.3 is 0 Å². The van der Waals surface area contributed by atoms with E-state index >= 15 is 0 Å². The molecular weight excluding hydrogens is 462 g/mol. The van der Waals surface area contributed by atoms with Crippen molar-refractivity contribution in [1.82, 2.24) is 9.88 Å². The number of nitrogens with zero attached hydrogens (tertiary/aromatic N) is 3. The molecule has 0 atom stereocenters. The van der Waals surface area contributed by atoms with Crippen molar-refractivity contribution in [2.24, 2.45) is 0 Å². The molecule has 1 aliphatic heterocycles. The quantitative estimate of drug-likeness (QED) is 0.450. The van der Waals surface area contributed by atoms with Crippen LogP contribution in [-0.2, 0) is 16.0 Å². The summed E-state index contributed by atoms with van der Waals surface area (Å²) in [5.74, 6) is 1.59. The van der Waals surface area contributed by atoms with Crippen molar-refractivity contribution in [3.8, 4) is 11.5 Å². The van der Waals surface area contributed by atoms with E-state index in [1.807, 2.05) is 47.4 Å². The van der Waals surface area contributed by atoms with E-state index < -0.39 is 0 Å². The number of anilines is 1. The third kappa shape index (κ3) is 6.57. The molecule has 7 nitrogen and oxygen atoms in total. The fourth-order valence-corrected chi connectivity index (χ4v) is 4.74. The number of carbonyl (C=O) groups excluding carboxylic acids is 1. The third-order valence-electron chi connectivity index (χ3n) is 5.59. The summed E-state index contributed by atoms with van der Waals surface area (Å²) in [5, 5.41) is 0.730. The molecule has 0 bridgehead atoms. The number of morpholine rings is 1. The van der Waals surface area contributed by atoms with E-state index in [-0.39, 0.29) is 18.3 Å². The summed E-state index contributed by atoms with van der Waals surface area (Å²) in [6, 6.07) is 13.5. The number of rotatable bonds is 9. The summed E-state index contributed by atoms with van der Waals surface area (Å²) in [6.07, 6.45) is 1.20. The molecule has 1 fully saturated rings. The van der Waals surface area contributed by atoms with Crippen LogP contribution in [0.15, 0.2) is 42.5 Å². The van der Waals surface area contributed by atoms with Crippen molar-refractivity contribution in [3.05, 3.63) is 48.0 Å². The van der Waals surface area contributed by atoms with Crippen LogP contribution in [0.1, 0.15) is 12.0 Å². The molecule has 1 aromatic heterocycles. The molecule has 1 aliphatic rings. The Hall–Kier alpha value is -2.39. The topological polar surface area (TPSA) is 64.1 Å². The zero-order valence-electron chi connectivity index (χ0n) is 19.0. The summed E-state index contributed by atoms with van der Waals surface area (Å²) in [5.41, 5.74) is 1.80. The van der Waals surface area contributed by atoms with Gasteiger partial charge in [-0.3, -0.25) is 14.6 Å². The van der Waals surface area contributed by atoms with Crippen LogP contribution >= 0.6 is 23.7 Å². The molecular formula is C24H30ClN3O4S. The van der Waals surface area contributed by atoms with Crippen LogP contribution in [0, 0.1) is 0 Å². The maximum absolute atomic E-state index is 13.4. The number of ether oxygens (including phenoxy) is 3. The van der Waals surface area contributed by atoms with Gasteiger partial charge in [-0.2, -0.15) is 0 Å². The van der Waals surface area contributed by atoms with E-state index in [1.54, 1.807) is 25.6 Å². The van der Waals surface area contributed by atoms with Crippen LogP contribution in [-0.4, -0.2) is 69.4 Å². The molecule has 2 heterocycles. The van der Waals surface area contributed by atoms with E-state index in [4.69, 9.17) is 19.2 Å². The molecule has 1 saturated heterocycles. The first-order chi connectivity index (χ1) is 15.7. The first-order valence-electron chi connectivity index (χ1n) is 10.8. The van der Waals surface area contributed by atoms with Crippen LogP contribution in [0.3, 0.4) is 0 Å². The largest absolute Gasteiger partial charge is 0.497 e. The van der Waals surface area contributed by atoms with Crippen molar-refractivity contribution in [1.29, 1.82) is 0 Å². The highest BCUT2D eigenvalue weighted by molar-refractivity contribution is 7.22. The lowest BCUT2D eigenvalue weighted by atomic mass is 10.1. The van der Waals surface area contributed by atoms with Crippen LogP contribution in [0.4, 0.5) is 5.13 Å². The zero-order valence-corrected chi connectivity index (χ0v) is 20.6. The van der Waals surface area contributed by atoms with Crippen LogP contribution in [0.25, 0.3) is 10.2 Å². The number of hydrogen-bond donors (Lipinski definition) is 0. The lowest BCUT2D eigenvalue weighted by Crippen LogP contribution is -2.39. The number of carbonyl (C=O) groups is 1. The Kier molecular flexibility index (Phi) is 9.31. The summed E-state index contributed by atoms with van der Waals surface area (Å²) in [7, 11) is 3.28. The number of methoxy groups -OCH3 is 2. The highest BCUT2D eigenvalue weighted by Crippen LogP contribution is 2.31. The molecule has 33 heavy (non-hydrogen) atoms. The average Bonchev–Trinajstić information content (AvgIpc) is 3.25. The van der Waals surface area contributed by atoms with Crippen LogP contribution in [0.2, 0.25) is 0 Å². The number of halogens is 1. The maximum atomic E-state index is 13.4. The fraction of sp³-hybridized carbons (Fsp3) is 0.417. The minimum atomic E-state index is 0. The Balaban J connectivity index is 0.00000306. The van der Waals surface area contributed by atoms with Crippen molar-refractivity contribution in [3.63, 3.8) is 0 Å². The number of aromatic nitrogens is 1. The van der Waals surface area contributed by atoms with Gasteiger partial charge in [-0.15, -0.1) is 12.4 Å². The molecule has 3 aromatic rings. The van der Waals surface area contributed by atoms with Gasteiger partial charge in [0, 0.05) is 32.2 Å². The SMILES string of the molecule is COc1ccc(CC(=O)N(CCCN2CCOCC2)c2nc3cc(OC)ccc3s2)cc1.Cl. The number of thiazole rings is 1. The van der Waals surface area contributed by atoms with Gasteiger partial charge in [-0.1, -0.05) is 23.5 Å². The highest BCUT2D eigenvalue weighted by Gasteiger charge is 2.21. The normalized spacial score (nSPS) is 14.0. The standard InChI is InChI=1S/C24H29N3O4S.ClH/c1-29-19-6-4-18(5-7-19)16-23(28)27(11-3-10-26-12-14-31-15-13-26)24-25-21-17-20(30-2)8-9-22(21)32-24;/h4-9,17H,3,10-16H2,1-2H3;1H. The van der Waals surface area contributed by atoms with Gasteiger partial charge < -0.3 is 14.2 Å². The molecule has 0 N–H and O–H groups in total. The van der Waals surface area contributed by atoms with E-state index in [9.17, 15) is 4.79 Å². The van der Waals surface area contributed by atoms with Crippen molar-refractivity contribution in [2.75, 3.05) is 58.5 Å². The summed E-state index contributed by atoms with van der Waals surface area (Å²) in [6.45, 7) is 5.01. The summed E-state index contributed by atoms with van der Waals surface area (Å²) < 4.78 is 17.0. The Morgan fingerprint density at radius 3 is 2.48 bits per heavy atom. The third-order valence-corrected chi connectivity index (χ3v) is 6.65. The average molecular weight is 492 g/mol. The maximum Gasteiger partial charge on any atom is 0.233 e. The summed E-state index contributed by atoms with van der Waals surface area (Å²) in [4.78, 5) is 22.3. The van der Waals surface area contributed by atoms with E-state index in [0.717, 1.165) is 71.7 Å².